The number of halogens is 1. The molecule has 2 N–H and O–H groups in total. The Morgan fingerprint density at radius 3 is 2.72 bits per heavy atom. The molecule has 25 heavy (non-hydrogen) atoms. The summed E-state index contributed by atoms with van der Waals surface area (Å²) in [5.41, 5.74) is 3.03. The Morgan fingerprint density at radius 1 is 1.20 bits per heavy atom. The maximum atomic E-state index is 11.1. The van der Waals surface area contributed by atoms with Crippen LogP contribution in [-0.2, 0) is 4.79 Å². The number of nitrogens with zero attached hydrogens (tertiary/aromatic N) is 1. The zero-order chi connectivity index (χ0) is 17.6. The molecular formula is C20H18ClN3O. The topological polar surface area (TPSA) is 64.9 Å². The zero-order valence-electron chi connectivity index (χ0n) is 13.5. The fourth-order valence-corrected chi connectivity index (χ4v) is 3.42. The van der Waals surface area contributed by atoms with Crippen molar-refractivity contribution in [3.8, 4) is 6.07 Å². The molecule has 3 rings (SSSR count). The fourth-order valence-electron chi connectivity index (χ4n) is 3.22. The smallest absolute Gasteiger partial charge is 0.207 e. The van der Waals surface area contributed by atoms with E-state index in [9.17, 15) is 10.1 Å². The molecule has 5 heteroatoms. The summed E-state index contributed by atoms with van der Waals surface area (Å²) in [4.78, 5) is 11.1. The molecule has 0 fully saturated rings. The lowest BCUT2D eigenvalue weighted by atomic mass is 9.85. The molecule has 1 aliphatic carbocycles. The third kappa shape index (κ3) is 3.67. The molecule has 3 unspecified atom stereocenters. The van der Waals surface area contributed by atoms with E-state index in [1.165, 1.54) is 0 Å². The molecule has 4 nitrogen and oxygen atoms in total. The van der Waals surface area contributed by atoms with Gasteiger partial charge in [-0.05, 0) is 23.3 Å². The number of fused-ring (bicyclic) bond motifs is 1. The van der Waals surface area contributed by atoms with Gasteiger partial charge in [0.15, 0.2) is 0 Å². The lowest BCUT2D eigenvalue weighted by Gasteiger charge is -2.27. The van der Waals surface area contributed by atoms with Crippen LogP contribution >= 0.6 is 11.6 Å². The van der Waals surface area contributed by atoms with Crippen LogP contribution in [0.4, 0.5) is 5.69 Å². The minimum absolute atomic E-state index is 0.0286. The number of anilines is 1. The van der Waals surface area contributed by atoms with Crippen molar-refractivity contribution < 1.29 is 4.79 Å². The highest BCUT2D eigenvalue weighted by atomic mass is 35.5. The van der Waals surface area contributed by atoms with Gasteiger partial charge >= 0.3 is 0 Å². The van der Waals surface area contributed by atoms with Crippen molar-refractivity contribution in [3.63, 3.8) is 0 Å². The molecule has 0 aliphatic heterocycles. The molecule has 0 aromatic heterocycles. The van der Waals surface area contributed by atoms with Crippen LogP contribution in [0.5, 0.6) is 0 Å². The second-order valence-corrected chi connectivity index (χ2v) is 6.33. The molecule has 1 aliphatic rings. The Labute approximate surface area is 152 Å². The van der Waals surface area contributed by atoms with Crippen LogP contribution in [0.3, 0.4) is 0 Å². The molecule has 2 aromatic carbocycles. The summed E-state index contributed by atoms with van der Waals surface area (Å²) in [5.74, 6) is -0.443. The van der Waals surface area contributed by atoms with Crippen molar-refractivity contribution in [2.45, 2.75) is 12.0 Å². The van der Waals surface area contributed by atoms with Crippen LogP contribution in [-0.4, -0.2) is 19.0 Å². The molecule has 126 valence electrons. The highest BCUT2D eigenvalue weighted by Crippen LogP contribution is 2.35. The highest BCUT2D eigenvalue weighted by Gasteiger charge is 2.32. The van der Waals surface area contributed by atoms with Crippen molar-refractivity contribution in [3.05, 3.63) is 70.8 Å². The average Bonchev–Trinajstić information content (AvgIpc) is 3.06. The third-order valence-electron chi connectivity index (χ3n) is 4.47. The second-order valence-electron chi connectivity index (χ2n) is 5.92. The van der Waals surface area contributed by atoms with Crippen molar-refractivity contribution >= 4 is 29.8 Å². The first kappa shape index (κ1) is 17.1. The molecule has 0 bridgehead atoms. The number of amides is 1. The Balaban J connectivity index is 1.79. The first-order valence-corrected chi connectivity index (χ1v) is 8.47. The Hall–Kier alpha value is -2.77. The van der Waals surface area contributed by atoms with Crippen LogP contribution in [0, 0.1) is 17.2 Å². The van der Waals surface area contributed by atoms with E-state index in [1.807, 2.05) is 54.6 Å². The average molecular weight is 352 g/mol. The van der Waals surface area contributed by atoms with Gasteiger partial charge in [0.05, 0.1) is 28.7 Å². The van der Waals surface area contributed by atoms with Gasteiger partial charge in [-0.15, -0.1) is 0 Å². The standard InChI is InChI=1S/C20H18ClN3O/c21-18-7-3-4-8-19(18)23-12-15(11-22)20(24-13-25)17-10-9-14-5-1-2-6-16(14)17/h1-10,13,15,17,20,23H,12H2,(H,24,25). The van der Waals surface area contributed by atoms with Gasteiger partial charge in [0, 0.05) is 12.5 Å². The molecule has 0 heterocycles. The van der Waals surface area contributed by atoms with E-state index >= 15 is 0 Å². The minimum Gasteiger partial charge on any atom is -0.382 e. The summed E-state index contributed by atoms with van der Waals surface area (Å²) in [5, 5.41) is 16.3. The summed E-state index contributed by atoms with van der Waals surface area (Å²) < 4.78 is 0. The fraction of sp³-hybridized carbons (Fsp3) is 0.200. The Kier molecular flexibility index (Phi) is 5.37. The van der Waals surface area contributed by atoms with Gasteiger partial charge in [-0.1, -0.05) is 60.2 Å². The monoisotopic (exact) mass is 351 g/mol. The molecule has 2 aromatic rings. The molecule has 1 amide bonds. The predicted octanol–water partition coefficient (Wildman–Crippen LogP) is 3.82. The van der Waals surface area contributed by atoms with Gasteiger partial charge in [0.2, 0.25) is 6.41 Å². The van der Waals surface area contributed by atoms with Crippen LogP contribution in [0.1, 0.15) is 17.0 Å². The quantitative estimate of drug-likeness (QED) is 0.745. The lowest BCUT2D eigenvalue weighted by Crippen LogP contribution is -2.42. The largest absolute Gasteiger partial charge is 0.382 e. The molecule has 0 saturated carbocycles. The summed E-state index contributed by atoms with van der Waals surface area (Å²) in [7, 11) is 0. The third-order valence-corrected chi connectivity index (χ3v) is 4.80. The van der Waals surface area contributed by atoms with E-state index < -0.39 is 5.92 Å². The van der Waals surface area contributed by atoms with E-state index in [1.54, 1.807) is 6.07 Å². The van der Waals surface area contributed by atoms with Crippen LogP contribution in [0.25, 0.3) is 6.08 Å². The minimum atomic E-state index is -0.415. The first-order valence-electron chi connectivity index (χ1n) is 8.09. The number of carbonyl (C=O) groups is 1. The van der Waals surface area contributed by atoms with E-state index in [0.717, 1.165) is 16.8 Å². The second kappa shape index (κ2) is 7.87. The number of rotatable bonds is 7. The van der Waals surface area contributed by atoms with Crippen molar-refractivity contribution in [2.75, 3.05) is 11.9 Å². The van der Waals surface area contributed by atoms with Gasteiger partial charge in [-0.25, -0.2) is 0 Å². The van der Waals surface area contributed by atoms with Crippen molar-refractivity contribution in [1.82, 2.24) is 5.32 Å². The molecule has 0 spiro atoms. The maximum absolute atomic E-state index is 11.1. The Morgan fingerprint density at radius 2 is 1.96 bits per heavy atom. The lowest BCUT2D eigenvalue weighted by molar-refractivity contribution is -0.110. The SMILES string of the molecule is N#CC(CNc1ccccc1Cl)C(NC=O)C1C=Cc2ccccc21. The van der Waals surface area contributed by atoms with Crippen LogP contribution < -0.4 is 10.6 Å². The zero-order valence-corrected chi connectivity index (χ0v) is 14.3. The molecule has 0 radical (unpaired) electrons. The van der Waals surface area contributed by atoms with Gasteiger partial charge < -0.3 is 10.6 Å². The van der Waals surface area contributed by atoms with Gasteiger partial charge in [0.25, 0.3) is 0 Å². The van der Waals surface area contributed by atoms with Gasteiger partial charge in [-0.2, -0.15) is 5.26 Å². The first-order chi connectivity index (χ1) is 12.2. The number of carbonyl (C=O) groups excluding carboxylic acids is 1. The Bertz CT molecular complexity index is 828. The number of hydrogen-bond donors (Lipinski definition) is 2. The molecule has 3 atom stereocenters. The highest BCUT2D eigenvalue weighted by molar-refractivity contribution is 6.33. The number of nitrogens with one attached hydrogen (secondary N) is 2. The van der Waals surface area contributed by atoms with Gasteiger partial charge in [0.1, 0.15) is 0 Å². The predicted molar refractivity (Wildman–Crippen MR) is 100 cm³/mol. The van der Waals surface area contributed by atoms with Gasteiger partial charge in [-0.3, -0.25) is 4.79 Å². The summed E-state index contributed by atoms with van der Waals surface area (Å²) in [6.07, 6.45) is 4.75. The van der Waals surface area contributed by atoms with Crippen LogP contribution in [0.15, 0.2) is 54.6 Å². The van der Waals surface area contributed by atoms with Crippen molar-refractivity contribution in [1.29, 1.82) is 5.26 Å². The summed E-state index contributed by atoms with van der Waals surface area (Å²) in [6, 6.07) is 17.4. The maximum Gasteiger partial charge on any atom is 0.207 e. The molecular weight excluding hydrogens is 334 g/mol. The number of nitriles is 1. The summed E-state index contributed by atoms with van der Waals surface area (Å²) in [6.45, 7) is 0.387. The number of hydrogen-bond acceptors (Lipinski definition) is 3. The molecule has 0 saturated heterocycles. The van der Waals surface area contributed by atoms with E-state index in [-0.39, 0.29) is 12.0 Å². The van der Waals surface area contributed by atoms with Crippen molar-refractivity contribution in [2.24, 2.45) is 5.92 Å². The normalized spacial score (nSPS) is 17.2. The number of benzene rings is 2. The number of para-hydroxylation sites is 1. The van der Waals surface area contributed by atoms with E-state index in [2.05, 4.69) is 16.7 Å². The summed E-state index contributed by atoms with van der Waals surface area (Å²) >= 11 is 6.16. The van der Waals surface area contributed by atoms with E-state index in [0.29, 0.717) is 18.0 Å². The van der Waals surface area contributed by atoms with E-state index in [4.69, 9.17) is 11.6 Å². The van der Waals surface area contributed by atoms with Crippen LogP contribution in [0.2, 0.25) is 5.02 Å².